The van der Waals surface area contributed by atoms with Gasteiger partial charge in [0.2, 0.25) is 11.7 Å². The Morgan fingerprint density at radius 2 is 1.89 bits per heavy atom. The van der Waals surface area contributed by atoms with Crippen molar-refractivity contribution in [2.24, 2.45) is 0 Å². The molecule has 0 N–H and O–H groups in total. The lowest BCUT2D eigenvalue weighted by molar-refractivity contribution is -0.133. The van der Waals surface area contributed by atoms with Crippen molar-refractivity contribution in [2.75, 3.05) is 6.54 Å². The number of aromatic nitrogens is 4. The molecule has 0 atom stereocenters. The second-order valence-electron chi connectivity index (χ2n) is 7.34. The van der Waals surface area contributed by atoms with Crippen LogP contribution >= 0.6 is 11.6 Å². The summed E-state index contributed by atoms with van der Waals surface area (Å²) >= 11 is 5.91. The van der Waals surface area contributed by atoms with E-state index in [1.165, 1.54) is 15.9 Å². The summed E-state index contributed by atoms with van der Waals surface area (Å²) in [5.74, 6) is 0.512. The van der Waals surface area contributed by atoms with Crippen molar-refractivity contribution < 1.29 is 4.79 Å². The fourth-order valence-corrected chi connectivity index (χ4v) is 4.01. The first-order valence-electron chi connectivity index (χ1n) is 9.03. The third-order valence-corrected chi connectivity index (χ3v) is 5.73. The van der Waals surface area contributed by atoms with Crippen LogP contribution in [0.25, 0.3) is 11.4 Å². The van der Waals surface area contributed by atoms with Crippen LogP contribution in [0.4, 0.5) is 0 Å². The van der Waals surface area contributed by atoms with Gasteiger partial charge in [0.1, 0.15) is 6.54 Å². The molecule has 1 spiro atoms. The number of halogens is 1. The molecule has 0 unspecified atom stereocenters. The highest BCUT2D eigenvalue weighted by Gasteiger charge is 2.49. The first kappa shape index (κ1) is 16.4. The molecule has 136 valence electrons. The SMILES string of the molecule is O=C(Cn1nnc(-c2ccc(Cl)cc2)n1)N1Cc2ccccc2C2(CC2)C1. The van der Waals surface area contributed by atoms with E-state index in [0.717, 1.165) is 24.9 Å². The predicted molar refractivity (Wildman–Crippen MR) is 101 cm³/mol. The maximum Gasteiger partial charge on any atom is 0.246 e. The highest BCUT2D eigenvalue weighted by atomic mass is 35.5. The van der Waals surface area contributed by atoms with E-state index in [4.69, 9.17) is 11.6 Å². The quantitative estimate of drug-likeness (QED) is 0.701. The zero-order chi connectivity index (χ0) is 18.4. The molecule has 1 aliphatic carbocycles. The van der Waals surface area contributed by atoms with E-state index < -0.39 is 0 Å². The zero-order valence-electron chi connectivity index (χ0n) is 14.7. The van der Waals surface area contributed by atoms with Gasteiger partial charge in [-0.05, 0) is 53.4 Å². The van der Waals surface area contributed by atoms with Gasteiger partial charge in [0.15, 0.2) is 0 Å². The molecule has 1 amide bonds. The number of hydrogen-bond acceptors (Lipinski definition) is 4. The summed E-state index contributed by atoms with van der Waals surface area (Å²) in [6.07, 6.45) is 2.30. The summed E-state index contributed by atoms with van der Waals surface area (Å²) in [7, 11) is 0. The average molecular weight is 380 g/mol. The Balaban J connectivity index is 1.32. The molecule has 0 bridgehead atoms. The summed E-state index contributed by atoms with van der Waals surface area (Å²) < 4.78 is 0. The minimum Gasteiger partial charge on any atom is -0.336 e. The molecule has 3 aromatic rings. The van der Waals surface area contributed by atoms with Crippen LogP contribution in [0.1, 0.15) is 24.0 Å². The second-order valence-corrected chi connectivity index (χ2v) is 7.77. The Hall–Kier alpha value is -2.73. The van der Waals surface area contributed by atoms with Crippen molar-refractivity contribution in [3.63, 3.8) is 0 Å². The molecule has 1 aromatic heterocycles. The summed E-state index contributed by atoms with van der Waals surface area (Å²) in [4.78, 5) is 16.2. The molecule has 1 saturated carbocycles. The summed E-state index contributed by atoms with van der Waals surface area (Å²) in [6.45, 7) is 1.52. The number of benzene rings is 2. The summed E-state index contributed by atoms with van der Waals surface area (Å²) in [6, 6.07) is 15.7. The third-order valence-electron chi connectivity index (χ3n) is 5.48. The van der Waals surface area contributed by atoms with Crippen LogP contribution < -0.4 is 0 Å². The molecule has 7 heteroatoms. The van der Waals surface area contributed by atoms with Gasteiger partial charge in [-0.3, -0.25) is 4.79 Å². The number of hydrogen-bond donors (Lipinski definition) is 0. The Morgan fingerprint density at radius 3 is 2.67 bits per heavy atom. The highest BCUT2D eigenvalue weighted by molar-refractivity contribution is 6.30. The first-order chi connectivity index (χ1) is 13.1. The number of fused-ring (bicyclic) bond motifs is 2. The van der Waals surface area contributed by atoms with Gasteiger partial charge in [0.05, 0.1) is 0 Å². The molecule has 27 heavy (non-hydrogen) atoms. The molecule has 2 heterocycles. The number of tetrazole rings is 1. The second kappa shape index (κ2) is 6.16. The molecule has 1 aliphatic heterocycles. The van der Waals surface area contributed by atoms with Gasteiger partial charge in [-0.1, -0.05) is 35.9 Å². The van der Waals surface area contributed by atoms with Gasteiger partial charge >= 0.3 is 0 Å². The molecule has 5 rings (SSSR count). The summed E-state index contributed by atoms with van der Waals surface area (Å²) in [5.41, 5.74) is 3.65. The minimum atomic E-state index is 0.0239. The normalized spacial score (nSPS) is 17.0. The van der Waals surface area contributed by atoms with E-state index in [-0.39, 0.29) is 17.9 Å². The van der Waals surface area contributed by atoms with Crippen molar-refractivity contribution in [2.45, 2.75) is 31.3 Å². The van der Waals surface area contributed by atoms with Gasteiger partial charge < -0.3 is 4.90 Å². The van der Waals surface area contributed by atoms with Gasteiger partial charge in [0.25, 0.3) is 0 Å². The van der Waals surface area contributed by atoms with E-state index in [9.17, 15) is 4.79 Å². The Bertz CT molecular complexity index is 1010. The van der Waals surface area contributed by atoms with Crippen LogP contribution in [0.2, 0.25) is 5.02 Å². The Labute approximate surface area is 161 Å². The lowest BCUT2D eigenvalue weighted by atomic mass is 9.87. The zero-order valence-corrected chi connectivity index (χ0v) is 15.4. The van der Waals surface area contributed by atoms with Gasteiger partial charge in [-0.2, -0.15) is 4.80 Å². The van der Waals surface area contributed by atoms with Gasteiger partial charge in [-0.15, -0.1) is 10.2 Å². The fraction of sp³-hybridized carbons (Fsp3) is 0.300. The molecule has 6 nitrogen and oxygen atoms in total. The van der Waals surface area contributed by atoms with Crippen LogP contribution in [0.5, 0.6) is 0 Å². The molecule has 2 aliphatic rings. The van der Waals surface area contributed by atoms with Crippen LogP contribution in [0.15, 0.2) is 48.5 Å². The molecule has 1 fully saturated rings. The maximum absolute atomic E-state index is 12.9. The smallest absolute Gasteiger partial charge is 0.246 e. The molecule has 0 radical (unpaired) electrons. The van der Waals surface area contributed by atoms with E-state index in [0.29, 0.717) is 17.4 Å². The van der Waals surface area contributed by atoms with E-state index >= 15 is 0 Å². The van der Waals surface area contributed by atoms with Crippen LogP contribution in [-0.4, -0.2) is 37.6 Å². The largest absolute Gasteiger partial charge is 0.336 e. The fourth-order valence-electron chi connectivity index (χ4n) is 3.89. The predicted octanol–water partition coefficient (Wildman–Crippen LogP) is 3.07. The lowest BCUT2D eigenvalue weighted by Gasteiger charge is -2.35. The number of carbonyl (C=O) groups is 1. The standard InChI is InChI=1S/C20H18ClN5O/c21-16-7-5-14(6-8-16)19-22-24-26(23-19)12-18(27)25-11-15-3-1-2-4-17(15)20(13-25)9-10-20/h1-8H,9-13H2. The van der Waals surface area contributed by atoms with Gasteiger partial charge in [-0.25, -0.2) is 0 Å². The highest BCUT2D eigenvalue weighted by Crippen LogP contribution is 2.52. The molecular formula is C20H18ClN5O. The monoisotopic (exact) mass is 379 g/mol. The maximum atomic E-state index is 12.9. The van der Waals surface area contributed by atoms with Crippen molar-refractivity contribution in [3.05, 3.63) is 64.7 Å². The van der Waals surface area contributed by atoms with E-state index in [1.807, 2.05) is 23.1 Å². The molecule has 2 aromatic carbocycles. The van der Waals surface area contributed by atoms with Crippen LogP contribution in [0, 0.1) is 0 Å². The molecule has 0 saturated heterocycles. The van der Waals surface area contributed by atoms with Crippen LogP contribution in [-0.2, 0) is 23.3 Å². The van der Waals surface area contributed by atoms with Crippen molar-refractivity contribution in [1.29, 1.82) is 0 Å². The lowest BCUT2D eigenvalue weighted by Crippen LogP contribution is -2.43. The van der Waals surface area contributed by atoms with Crippen molar-refractivity contribution in [1.82, 2.24) is 25.1 Å². The van der Waals surface area contributed by atoms with Crippen LogP contribution in [0.3, 0.4) is 0 Å². The Kier molecular flexibility index (Phi) is 3.75. The summed E-state index contributed by atoms with van der Waals surface area (Å²) in [5, 5.41) is 13.1. The number of nitrogens with zero attached hydrogens (tertiary/aromatic N) is 5. The van der Waals surface area contributed by atoms with Crippen molar-refractivity contribution >= 4 is 17.5 Å². The topological polar surface area (TPSA) is 63.9 Å². The average Bonchev–Trinajstić information content (AvgIpc) is 3.29. The van der Waals surface area contributed by atoms with E-state index in [2.05, 4.69) is 33.6 Å². The molecular weight excluding hydrogens is 362 g/mol. The van der Waals surface area contributed by atoms with Crippen molar-refractivity contribution in [3.8, 4) is 11.4 Å². The van der Waals surface area contributed by atoms with Gasteiger partial charge in [0, 0.05) is 29.1 Å². The number of rotatable bonds is 3. The number of carbonyl (C=O) groups excluding carboxylic acids is 1. The third kappa shape index (κ3) is 3.00. The number of amides is 1. The minimum absolute atomic E-state index is 0.0239. The Morgan fingerprint density at radius 1 is 1.11 bits per heavy atom. The van der Waals surface area contributed by atoms with E-state index in [1.54, 1.807) is 12.1 Å². The first-order valence-corrected chi connectivity index (χ1v) is 9.41.